The van der Waals surface area contributed by atoms with Crippen LogP contribution in [0.4, 0.5) is 5.13 Å². The van der Waals surface area contributed by atoms with Gasteiger partial charge in [0.1, 0.15) is 0 Å². The van der Waals surface area contributed by atoms with Crippen LogP contribution >= 0.6 is 11.3 Å². The molecule has 5 nitrogen and oxygen atoms in total. The number of fused-ring (bicyclic) bond motifs is 1. The topological polar surface area (TPSA) is 62.3 Å². The predicted octanol–water partition coefficient (Wildman–Crippen LogP) is 4.18. The van der Waals surface area contributed by atoms with Crippen LogP contribution in [0.25, 0.3) is 0 Å². The molecule has 0 bridgehead atoms. The zero-order chi connectivity index (χ0) is 20.6. The van der Waals surface area contributed by atoms with Crippen LogP contribution in [0.15, 0.2) is 60.1 Å². The van der Waals surface area contributed by atoms with E-state index in [1.165, 1.54) is 11.3 Å². The van der Waals surface area contributed by atoms with Crippen LogP contribution in [0.1, 0.15) is 39.9 Å². The third-order valence-corrected chi connectivity index (χ3v) is 6.30. The zero-order valence-electron chi connectivity index (χ0n) is 16.7. The maximum Gasteiger partial charge on any atom is 0.253 e. The van der Waals surface area contributed by atoms with Crippen LogP contribution in [0, 0.1) is 5.41 Å². The zero-order valence-corrected chi connectivity index (χ0v) is 17.5. The van der Waals surface area contributed by atoms with Crippen molar-refractivity contribution in [3.05, 3.63) is 82.4 Å². The molecule has 0 unspecified atom stereocenters. The molecule has 29 heavy (non-hydrogen) atoms. The fourth-order valence-electron chi connectivity index (χ4n) is 4.19. The van der Waals surface area contributed by atoms with Crippen LogP contribution in [0.2, 0.25) is 0 Å². The van der Waals surface area contributed by atoms with Gasteiger partial charge in [0.2, 0.25) is 5.91 Å². The van der Waals surface area contributed by atoms with E-state index in [0.717, 1.165) is 16.7 Å². The van der Waals surface area contributed by atoms with E-state index in [2.05, 4.69) is 22.4 Å². The Kier molecular flexibility index (Phi) is 4.96. The maximum absolute atomic E-state index is 13.4. The summed E-state index contributed by atoms with van der Waals surface area (Å²) >= 11 is 1.41. The summed E-state index contributed by atoms with van der Waals surface area (Å²) in [4.78, 5) is 31.7. The second kappa shape index (κ2) is 7.44. The highest BCUT2D eigenvalue weighted by Gasteiger charge is 2.49. The predicted molar refractivity (Wildman–Crippen MR) is 115 cm³/mol. The molecular weight excluding hydrogens is 382 g/mol. The van der Waals surface area contributed by atoms with Gasteiger partial charge in [0.15, 0.2) is 5.13 Å². The lowest BCUT2D eigenvalue weighted by Gasteiger charge is -2.31. The van der Waals surface area contributed by atoms with E-state index < -0.39 is 5.41 Å². The lowest BCUT2D eigenvalue weighted by molar-refractivity contribution is -0.125. The van der Waals surface area contributed by atoms with Crippen molar-refractivity contribution in [3.63, 3.8) is 0 Å². The van der Waals surface area contributed by atoms with Crippen molar-refractivity contribution < 1.29 is 9.59 Å². The number of nitrogens with zero attached hydrogens (tertiary/aromatic N) is 2. The highest BCUT2D eigenvalue weighted by atomic mass is 32.1. The van der Waals surface area contributed by atoms with Gasteiger partial charge in [-0.05, 0) is 42.2 Å². The van der Waals surface area contributed by atoms with Crippen molar-refractivity contribution >= 4 is 28.3 Å². The summed E-state index contributed by atoms with van der Waals surface area (Å²) in [7, 11) is 3.49. The summed E-state index contributed by atoms with van der Waals surface area (Å²) < 4.78 is 0. The summed E-state index contributed by atoms with van der Waals surface area (Å²) in [5.74, 6) is -0.244. The van der Waals surface area contributed by atoms with E-state index in [9.17, 15) is 9.59 Å². The molecule has 148 valence electrons. The van der Waals surface area contributed by atoms with E-state index in [-0.39, 0.29) is 17.7 Å². The van der Waals surface area contributed by atoms with E-state index in [0.29, 0.717) is 17.1 Å². The first-order chi connectivity index (χ1) is 13.9. The van der Waals surface area contributed by atoms with Crippen molar-refractivity contribution in [2.75, 3.05) is 19.4 Å². The number of hydrogen-bond donors (Lipinski definition) is 1. The Balaban J connectivity index is 1.79. The van der Waals surface area contributed by atoms with Crippen LogP contribution in [-0.4, -0.2) is 35.8 Å². The molecule has 4 rings (SSSR count). The fraction of sp³-hybridized carbons (Fsp3) is 0.261. The number of carbonyl (C=O) groups excluding carboxylic acids is 2. The fourth-order valence-corrected chi connectivity index (χ4v) is 4.71. The Labute approximate surface area is 174 Å². The van der Waals surface area contributed by atoms with E-state index in [1.54, 1.807) is 25.2 Å². The second-order valence-corrected chi connectivity index (χ2v) is 8.74. The van der Waals surface area contributed by atoms with Gasteiger partial charge in [0.05, 0.1) is 5.41 Å². The van der Waals surface area contributed by atoms with E-state index in [1.807, 2.05) is 48.7 Å². The van der Waals surface area contributed by atoms with Crippen LogP contribution in [-0.2, 0) is 11.2 Å². The molecule has 1 aliphatic rings. The number of hydrogen-bond acceptors (Lipinski definition) is 4. The summed E-state index contributed by atoms with van der Waals surface area (Å²) in [6, 6.07) is 15.8. The Bertz CT molecular complexity index is 1050. The largest absolute Gasteiger partial charge is 0.345 e. The molecule has 0 radical (unpaired) electrons. The van der Waals surface area contributed by atoms with Gasteiger partial charge in [-0.3, -0.25) is 9.59 Å². The van der Waals surface area contributed by atoms with Gasteiger partial charge < -0.3 is 10.2 Å². The van der Waals surface area contributed by atoms with Crippen LogP contribution in [0.3, 0.4) is 0 Å². The molecule has 0 aliphatic heterocycles. The summed E-state index contributed by atoms with van der Waals surface area (Å²) in [6.45, 7) is 2.00. The third-order valence-electron chi connectivity index (χ3n) is 5.61. The number of nitrogens with one attached hydrogen (secondary N) is 1. The molecular formula is C23H23N3O2S. The lowest BCUT2D eigenvalue weighted by Crippen LogP contribution is -2.37. The molecule has 1 aromatic heterocycles. The first kappa shape index (κ1) is 19.3. The highest BCUT2D eigenvalue weighted by molar-refractivity contribution is 7.13. The van der Waals surface area contributed by atoms with Crippen molar-refractivity contribution in [1.82, 2.24) is 9.88 Å². The standard InChI is InChI=1S/C23H23N3O2S/c1-23(21(28)25-22-24-11-12-29-22)14-17-10-9-16(20(27)26(2)3)13-18(17)19(23)15-7-5-4-6-8-15/h4-13,19H,14H2,1-3H3,(H,24,25,28)/t19-,23+/m0/s1. The minimum atomic E-state index is -0.685. The van der Waals surface area contributed by atoms with Gasteiger partial charge in [-0.15, -0.1) is 11.3 Å². The highest BCUT2D eigenvalue weighted by Crippen LogP contribution is 2.51. The summed E-state index contributed by atoms with van der Waals surface area (Å²) in [5.41, 5.74) is 3.16. The van der Waals surface area contributed by atoms with Crippen LogP contribution in [0.5, 0.6) is 0 Å². The smallest absolute Gasteiger partial charge is 0.253 e. The molecule has 0 saturated heterocycles. The normalized spacial score (nSPS) is 20.2. The quantitative estimate of drug-likeness (QED) is 0.708. The molecule has 0 saturated carbocycles. The second-order valence-electron chi connectivity index (χ2n) is 7.84. The van der Waals surface area contributed by atoms with Gasteiger partial charge in [0, 0.05) is 37.2 Å². The Morgan fingerprint density at radius 1 is 1.17 bits per heavy atom. The van der Waals surface area contributed by atoms with Gasteiger partial charge in [-0.2, -0.15) is 0 Å². The number of amides is 2. The van der Waals surface area contributed by atoms with Crippen LogP contribution < -0.4 is 5.32 Å². The van der Waals surface area contributed by atoms with Gasteiger partial charge in [0.25, 0.3) is 5.91 Å². The van der Waals surface area contributed by atoms with E-state index >= 15 is 0 Å². The monoisotopic (exact) mass is 405 g/mol. The molecule has 0 spiro atoms. The first-order valence-corrected chi connectivity index (χ1v) is 10.4. The minimum Gasteiger partial charge on any atom is -0.345 e. The summed E-state index contributed by atoms with van der Waals surface area (Å²) in [5, 5.41) is 5.43. The molecule has 6 heteroatoms. The molecule has 2 aromatic carbocycles. The Morgan fingerprint density at radius 3 is 2.59 bits per heavy atom. The van der Waals surface area contributed by atoms with Crippen molar-refractivity contribution in [2.45, 2.75) is 19.3 Å². The Morgan fingerprint density at radius 2 is 1.93 bits per heavy atom. The molecule has 3 aromatic rings. The molecule has 0 fully saturated rings. The first-order valence-electron chi connectivity index (χ1n) is 9.50. The number of carbonyl (C=O) groups is 2. The number of thiazole rings is 1. The molecule has 1 N–H and O–H groups in total. The van der Waals surface area contributed by atoms with Crippen molar-refractivity contribution in [1.29, 1.82) is 0 Å². The van der Waals surface area contributed by atoms with Crippen molar-refractivity contribution in [3.8, 4) is 0 Å². The van der Waals surface area contributed by atoms with Crippen molar-refractivity contribution in [2.24, 2.45) is 5.41 Å². The average Bonchev–Trinajstić information content (AvgIpc) is 3.32. The molecule has 1 aliphatic carbocycles. The number of aromatic nitrogens is 1. The SMILES string of the molecule is CN(C)C(=O)c1ccc2c(c1)[C@H](c1ccccc1)[C@](C)(C(=O)Nc1nccs1)C2. The van der Waals surface area contributed by atoms with Gasteiger partial charge >= 0.3 is 0 Å². The minimum absolute atomic E-state index is 0.0412. The molecule has 2 atom stereocenters. The number of anilines is 1. The number of rotatable bonds is 4. The number of benzene rings is 2. The lowest BCUT2D eigenvalue weighted by atomic mass is 9.73. The summed E-state index contributed by atoms with van der Waals surface area (Å²) in [6.07, 6.45) is 2.29. The molecule has 2 amide bonds. The van der Waals surface area contributed by atoms with Gasteiger partial charge in [-0.1, -0.05) is 36.4 Å². The third kappa shape index (κ3) is 3.44. The molecule has 1 heterocycles. The van der Waals surface area contributed by atoms with Gasteiger partial charge in [-0.25, -0.2) is 4.98 Å². The van der Waals surface area contributed by atoms with E-state index in [4.69, 9.17) is 0 Å². The average molecular weight is 406 g/mol. The maximum atomic E-state index is 13.4. The Hall–Kier alpha value is -2.99.